The minimum atomic E-state index is -0.320. The number of fused-ring (bicyclic) bond motifs is 1. The highest BCUT2D eigenvalue weighted by molar-refractivity contribution is 7.71. The van der Waals surface area contributed by atoms with Gasteiger partial charge >= 0.3 is 0 Å². The van der Waals surface area contributed by atoms with Crippen molar-refractivity contribution in [3.63, 3.8) is 0 Å². The van der Waals surface area contributed by atoms with E-state index in [9.17, 15) is 9.18 Å². The van der Waals surface area contributed by atoms with Gasteiger partial charge in [-0.1, -0.05) is 0 Å². The van der Waals surface area contributed by atoms with Crippen LogP contribution < -0.4 is 10.1 Å². The Bertz CT molecular complexity index is 786. The Balaban J connectivity index is 1.55. The van der Waals surface area contributed by atoms with Gasteiger partial charge in [0.25, 0.3) is 0 Å². The number of nitrogens with zero attached hydrogens (tertiary/aromatic N) is 2. The smallest absolute Gasteiger partial charge is 0.226 e. The van der Waals surface area contributed by atoms with Gasteiger partial charge in [0.15, 0.2) is 4.77 Å². The van der Waals surface area contributed by atoms with Crippen LogP contribution in [0.25, 0.3) is 0 Å². The largest absolute Gasteiger partial charge is 0.492 e. The first-order valence-corrected chi connectivity index (χ1v) is 7.74. The molecule has 0 unspecified atom stereocenters. The van der Waals surface area contributed by atoms with Gasteiger partial charge in [-0.05, 0) is 42.4 Å². The molecule has 0 saturated carbocycles. The number of hydrogen-bond acceptors (Lipinski definition) is 4. The first kappa shape index (κ1) is 15.7. The Morgan fingerprint density at radius 3 is 3.17 bits per heavy atom. The monoisotopic (exact) mass is 336 g/mol. The van der Waals surface area contributed by atoms with Crippen molar-refractivity contribution in [2.75, 3.05) is 13.2 Å². The van der Waals surface area contributed by atoms with Crippen LogP contribution >= 0.6 is 12.2 Å². The normalized spacial score (nSPS) is 16.5. The lowest BCUT2D eigenvalue weighted by atomic mass is 9.96. The van der Waals surface area contributed by atoms with Crippen LogP contribution in [0.4, 0.5) is 4.39 Å². The Labute approximate surface area is 137 Å². The fraction of sp³-hybridized carbons (Fsp3) is 0.400. The molecule has 1 amide bonds. The van der Waals surface area contributed by atoms with Crippen LogP contribution in [0, 0.1) is 16.5 Å². The van der Waals surface area contributed by atoms with E-state index in [4.69, 9.17) is 17.0 Å². The van der Waals surface area contributed by atoms with E-state index in [0.717, 1.165) is 11.4 Å². The second-order valence-corrected chi connectivity index (χ2v) is 5.90. The number of nitrogens with one attached hydrogen (secondary N) is 2. The number of aromatic amines is 1. The average Bonchev–Trinajstić information content (AvgIpc) is 2.86. The first-order valence-electron chi connectivity index (χ1n) is 7.34. The highest BCUT2D eigenvalue weighted by Crippen LogP contribution is 2.27. The quantitative estimate of drug-likeness (QED) is 0.831. The van der Waals surface area contributed by atoms with E-state index in [2.05, 4.69) is 15.5 Å². The minimum Gasteiger partial charge on any atom is -0.492 e. The molecule has 0 bridgehead atoms. The van der Waals surface area contributed by atoms with E-state index in [-0.39, 0.29) is 17.6 Å². The van der Waals surface area contributed by atoms with Crippen molar-refractivity contribution in [2.24, 2.45) is 13.0 Å². The summed E-state index contributed by atoms with van der Waals surface area (Å²) >= 11 is 5.04. The third-order valence-corrected chi connectivity index (χ3v) is 4.29. The predicted molar refractivity (Wildman–Crippen MR) is 84.2 cm³/mol. The molecule has 122 valence electrons. The summed E-state index contributed by atoms with van der Waals surface area (Å²) in [5.74, 6) is 0.696. The second-order valence-electron chi connectivity index (χ2n) is 5.51. The lowest BCUT2D eigenvalue weighted by Crippen LogP contribution is -2.38. The highest BCUT2D eigenvalue weighted by Gasteiger charge is 2.26. The van der Waals surface area contributed by atoms with Gasteiger partial charge in [0.2, 0.25) is 5.91 Å². The van der Waals surface area contributed by atoms with E-state index in [1.165, 1.54) is 12.1 Å². The summed E-state index contributed by atoms with van der Waals surface area (Å²) in [4.78, 5) is 12.2. The van der Waals surface area contributed by atoms with Gasteiger partial charge in [-0.25, -0.2) is 4.39 Å². The summed E-state index contributed by atoms with van der Waals surface area (Å²) in [6, 6.07) is 4.38. The summed E-state index contributed by atoms with van der Waals surface area (Å²) in [7, 11) is 1.82. The maximum absolute atomic E-state index is 13.3. The summed E-state index contributed by atoms with van der Waals surface area (Å²) in [6.07, 6.45) is 1.06. The van der Waals surface area contributed by atoms with Gasteiger partial charge in [-0.2, -0.15) is 5.10 Å². The Morgan fingerprint density at radius 2 is 2.43 bits per heavy atom. The van der Waals surface area contributed by atoms with Crippen LogP contribution in [-0.2, 0) is 24.7 Å². The number of aromatic nitrogens is 3. The Morgan fingerprint density at radius 1 is 1.61 bits per heavy atom. The van der Waals surface area contributed by atoms with E-state index < -0.39 is 0 Å². The molecule has 2 aromatic rings. The number of amides is 1. The molecule has 0 spiro atoms. The topological polar surface area (TPSA) is 71.9 Å². The molecule has 0 aliphatic carbocycles. The highest BCUT2D eigenvalue weighted by atomic mass is 32.1. The number of halogens is 1. The van der Waals surface area contributed by atoms with E-state index in [0.29, 0.717) is 36.5 Å². The number of rotatable bonds is 4. The number of hydrogen-bond donors (Lipinski definition) is 2. The summed E-state index contributed by atoms with van der Waals surface area (Å²) < 4.78 is 21.1. The van der Waals surface area contributed by atoms with Gasteiger partial charge in [0.05, 0.1) is 5.92 Å². The van der Waals surface area contributed by atoms with Crippen molar-refractivity contribution < 1.29 is 13.9 Å². The maximum atomic E-state index is 13.3. The van der Waals surface area contributed by atoms with Gasteiger partial charge in [0, 0.05) is 20.0 Å². The van der Waals surface area contributed by atoms with Crippen molar-refractivity contribution in [3.05, 3.63) is 40.2 Å². The minimum absolute atomic E-state index is 0.100. The van der Waals surface area contributed by atoms with Gasteiger partial charge < -0.3 is 14.6 Å². The lowest BCUT2D eigenvalue weighted by Gasteiger charge is -2.24. The summed E-state index contributed by atoms with van der Waals surface area (Å²) in [6.45, 7) is 0.760. The molecule has 0 radical (unpaired) electrons. The molecule has 8 heteroatoms. The molecular weight excluding hydrogens is 319 g/mol. The van der Waals surface area contributed by atoms with Gasteiger partial charge in [-0.3, -0.25) is 9.89 Å². The fourth-order valence-electron chi connectivity index (χ4n) is 2.58. The Hall–Kier alpha value is -2.22. The SMILES string of the molecule is Cn1c(CCNC(=O)[C@H]2COc3ccc(F)cc3C2)n[nH]c1=S. The third kappa shape index (κ3) is 3.42. The number of carbonyl (C=O) groups excluding carboxylic acids is 1. The third-order valence-electron chi connectivity index (χ3n) is 3.92. The average molecular weight is 336 g/mol. The molecular formula is C15H17FN4O2S. The van der Waals surface area contributed by atoms with E-state index >= 15 is 0 Å². The van der Waals surface area contributed by atoms with Crippen molar-refractivity contribution in [1.82, 2.24) is 20.1 Å². The predicted octanol–water partition coefficient (Wildman–Crippen LogP) is 1.53. The molecule has 6 nitrogen and oxygen atoms in total. The molecule has 1 atom stereocenters. The zero-order valence-corrected chi connectivity index (χ0v) is 13.5. The van der Waals surface area contributed by atoms with Crippen LogP contribution in [0.5, 0.6) is 5.75 Å². The zero-order valence-electron chi connectivity index (χ0n) is 12.6. The van der Waals surface area contributed by atoms with Crippen molar-refractivity contribution in [1.29, 1.82) is 0 Å². The maximum Gasteiger partial charge on any atom is 0.226 e. The van der Waals surface area contributed by atoms with Crippen molar-refractivity contribution in [2.45, 2.75) is 12.8 Å². The Kier molecular flexibility index (Phi) is 4.42. The standard InChI is InChI=1S/C15H17FN4O2S/c1-20-13(18-19-15(20)23)4-5-17-14(21)10-6-9-7-11(16)2-3-12(9)22-8-10/h2-3,7,10H,4-6,8H2,1H3,(H,17,21)(H,19,23)/t10-/m1/s1. The van der Waals surface area contributed by atoms with Gasteiger partial charge in [-0.15, -0.1) is 0 Å². The molecule has 1 aliphatic heterocycles. The number of ether oxygens (including phenoxy) is 1. The molecule has 1 aromatic carbocycles. The number of benzene rings is 1. The summed E-state index contributed by atoms with van der Waals surface area (Å²) in [5, 5.41) is 9.66. The molecule has 23 heavy (non-hydrogen) atoms. The fourth-order valence-corrected chi connectivity index (χ4v) is 2.73. The van der Waals surface area contributed by atoms with Crippen LogP contribution in [0.2, 0.25) is 0 Å². The number of carbonyl (C=O) groups is 1. The van der Waals surface area contributed by atoms with E-state index in [1.807, 2.05) is 7.05 Å². The van der Waals surface area contributed by atoms with Crippen LogP contribution in [0.1, 0.15) is 11.4 Å². The molecule has 0 fully saturated rings. The molecule has 3 rings (SSSR count). The molecule has 1 aromatic heterocycles. The molecule has 2 heterocycles. The summed E-state index contributed by atoms with van der Waals surface area (Å²) in [5.41, 5.74) is 0.728. The number of H-pyrrole nitrogens is 1. The van der Waals surface area contributed by atoms with Crippen molar-refractivity contribution in [3.8, 4) is 5.75 Å². The molecule has 2 N–H and O–H groups in total. The van der Waals surface area contributed by atoms with Gasteiger partial charge in [0.1, 0.15) is 24.0 Å². The first-order chi connectivity index (χ1) is 11.0. The van der Waals surface area contributed by atoms with E-state index in [1.54, 1.807) is 10.6 Å². The van der Waals surface area contributed by atoms with Crippen LogP contribution in [0.15, 0.2) is 18.2 Å². The van der Waals surface area contributed by atoms with Crippen molar-refractivity contribution >= 4 is 18.1 Å². The van der Waals surface area contributed by atoms with Crippen LogP contribution in [0.3, 0.4) is 0 Å². The zero-order chi connectivity index (χ0) is 16.4. The molecule has 0 saturated heterocycles. The second kappa shape index (κ2) is 6.49. The lowest BCUT2D eigenvalue weighted by molar-refractivity contribution is -0.126. The molecule has 1 aliphatic rings. The van der Waals surface area contributed by atoms with Crippen LogP contribution in [-0.4, -0.2) is 33.8 Å².